The molecule has 0 radical (unpaired) electrons. The van der Waals surface area contributed by atoms with Crippen LogP contribution in [0.5, 0.6) is 0 Å². The minimum absolute atomic E-state index is 0.241. The summed E-state index contributed by atoms with van der Waals surface area (Å²) in [5.74, 6) is -15.2. The summed E-state index contributed by atoms with van der Waals surface area (Å²) in [4.78, 5) is 37.2. The van der Waals surface area contributed by atoms with Gasteiger partial charge in [-0.3, -0.25) is 19.4 Å². The van der Waals surface area contributed by atoms with E-state index in [2.05, 4.69) is 0 Å². The second-order valence-corrected chi connectivity index (χ2v) is 7.78. The molecule has 2 aromatic carbocycles. The lowest BCUT2D eigenvalue weighted by atomic mass is 10.0. The summed E-state index contributed by atoms with van der Waals surface area (Å²) >= 11 is 0. The standard InChI is InChI=1S/C22H16F8N2O3/c23-14-5-12(6-15(24)9-14)21(27,28)1-3-31-18(33)11-19(34)32(20(31)35)4-2-22(29,30)13-7-16(25)10-17(26)8-13/h5-10H,1-4,11H2. The molecule has 0 atom stereocenters. The van der Waals surface area contributed by atoms with Crippen molar-refractivity contribution in [1.82, 2.24) is 9.80 Å². The van der Waals surface area contributed by atoms with Gasteiger partial charge in [0.15, 0.2) is 0 Å². The highest BCUT2D eigenvalue weighted by atomic mass is 19.3. The van der Waals surface area contributed by atoms with Crippen molar-refractivity contribution in [3.63, 3.8) is 0 Å². The predicted molar refractivity (Wildman–Crippen MR) is 103 cm³/mol. The molecule has 0 aliphatic carbocycles. The molecule has 1 fully saturated rings. The largest absolute Gasteiger partial charge is 0.333 e. The Morgan fingerprint density at radius 1 is 0.600 bits per heavy atom. The molecule has 0 bridgehead atoms. The molecule has 5 nitrogen and oxygen atoms in total. The smallest absolute Gasteiger partial charge is 0.274 e. The molecule has 3 rings (SSSR count). The third-order valence-corrected chi connectivity index (χ3v) is 5.23. The third-order valence-electron chi connectivity index (χ3n) is 5.23. The van der Waals surface area contributed by atoms with Crippen LogP contribution >= 0.6 is 0 Å². The summed E-state index contributed by atoms with van der Waals surface area (Å²) < 4.78 is 111. The van der Waals surface area contributed by atoms with Crippen LogP contribution in [0.15, 0.2) is 36.4 Å². The van der Waals surface area contributed by atoms with Crippen LogP contribution in [-0.2, 0) is 21.4 Å². The molecule has 1 heterocycles. The van der Waals surface area contributed by atoms with Gasteiger partial charge in [0.05, 0.1) is 0 Å². The minimum atomic E-state index is -3.88. The monoisotopic (exact) mass is 508 g/mol. The number of benzene rings is 2. The maximum Gasteiger partial charge on any atom is 0.333 e. The van der Waals surface area contributed by atoms with E-state index in [-0.39, 0.29) is 9.80 Å². The fourth-order valence-corrected chi connectivity index (χ4v) is 3.44. The number of barbiturate groups is 1. The molecular weight excluding hydrogens is 492 g/mol. The van der Waals surface area contributed by atoms with Gasteiger partial charge < -0.3 is 0 Å². The van der Waals surface area contributed by atoms with Crippen LogP contribution in [0.2, 0.25) is 0 Å². The summed E-state index contributed by atoms with van der Waals surface area (Å²) in [6.45, 7) is -1.98. The molecule has 1 aliphatic heterocycles. The maximum atomic E-state index is 14.4. The quantitative estimate of drug-likeness (QED) is 0.369. The molecule has 35 heavy (non-hydrogen) atoms. The van der Waals surface area contributed by atoms with E-state index < -0.39 is 96.4 Å². The van der Waals surface area contributed by atoms with Crippen molar-refractivity contribution in [3.05, 3.63) is 70.8 Å². The van der Waals surface area contributed by atoms with Crippen molar-refractivity contribution in [2.75, 3.05) is 13.1 Å². The lowest BCUT2D eigenvalue weighted by Crippen LogP contribution is -2.56. The molecule has 1 saturated heterocycles. The molecule has 0 aromatic heterocycles. The van der Waals surface area contributed by atoms with Gasteiger partial charge in [-0.05, 0) is 24.3 Å². The number of nitrogens with zero attached hydrogens (tertiary/aromatic N) is 2. The number of hydrogen-bond donors (Lipinski definition) is 0. The highest BCUT2D eigenvalue weighted by Crippen LogP contribution is 2.35. The number of amides is 4. The Morgan fingerprint density at radius 2 is 0.914 bits per heavy atom. The number of imide groups is 2. The fourth-order valence-electron chi connectivity index (χ4n) is 3.44. The second-order valence-electron chi connectivity index (χ2n) is 7.78. The zero-order valence-electron chi connectivity index (χ0n) is 17.6. The van der Waals surface area contributed by atoms with Crippen LogP contribution in [0.1, 0.15) is 30.4 Å². The van der Waals surface area contributed by atoms with Gasteiger partial charge in [0.1, 0.15) is 29.7 Å². The summed E-state index contributed by atoms with van der Waals surface area (Å²) in [6.07, 6.45) is -3.52. The van der Waals surface area contributed by atoms with E-state index in [0.29, 0.717) is 36.4 Å². The fraction of sp³-hybridized carbons (Fsp3) is 0.318. The Kier molecular flexibility index (Phi) is 7.18. The van der Waals surface area contributed by atoms with Crippen LogP contribution in [0.4, 0.5) is 39.9 Å². The Balaban J connectivity index is 1.71. The average molecular weight is 508 g/mol. The van der Waals surface area contributed by atoms with Crippen molar-refractivity contribution in [2.45, 2.75) is 31.1 Å². The normalized spacial score (nSPS) is 15.3. The lowest BCUT2D eigenvalue weighted by molar-refractivity contribution is -0.143. The summed E-state index contributed by atoms with van der Waals surface area (Å²) in [5, 5.41) is 0. The number of hydrogen-bond acceptors (Lipinski definition) is 3. The van der Waals surface area contributed by atoms with E-state index in [4.69, 9.17) is 0 Å². The summed E-state index contributed by atoms with van der Waals surface area (Å²) in [6, 6.07) is 0.774. The number of carbonyl (C=O) groups is 3. The van der Waals surface area contributed by atoms with Crippen molar-refractivity contribution in [2.24, 2.45) is 0 Å². The first-order valence-electron chi connectivity index (χ1n) is 10.0. The van der Waals surface area contributed by atoms with E-state index in [1.165, 1.54) is 0 Å². The van der Waals surface area contributed by atoms with Crippen molar-refractivity contribution in [1.29, 1.82) is 0 Å². The molecule has 4 amide bonds. The van der Waals surface area contributed by atoms with Crippen LogP contribution in [0.25, 0.3) is 0 Å². The van der Waals surface area contributed by atoms with Gasteiger partial charge >= 0.3 is 6.03 Å². The van der Waals surface area contributed by atoms with Gasteiger partial charge in [-0.1, -0.05) is 0 Å². The van der Waals surface area contributed by atoms with Gasteiger partial charge in [-0.25, -0.2) is 39.9 Å². The van der Waals surface area contributed by atoms with E-state index in [0.717, 1.165) is 0 Å². The number of urea groups is 1. The summed E-state index contributed by atoms with van der Waals surface area (Å²) in [7, 11) is 0. The molecule has 13 heteroatoms. The van der Waals surface area contributed by atoms with Crippen LogP contribution < -0.4 is 0 Å². The molecule has 0 N–H and O–H groups in total. The molecule has 0 unspecified atom stereocenters. The van der Waals surface area contributed by atoms with E-state index in [1.54, 1.807) is 0 Å². The zero-order valence-corrected chi connectivity index (χ0v) is 17.6. The highest BCUT2D eigenvalue weighted by molar-refractivity contribution is 6.14. The Hall–Kier alpha value is -3.51. The van der Waals surface area contributed by atoms with Crippen molar-refractivity contribution in [3.8, 4) is 0 Å². The van der Waals surface area contributed by atoms with Crippen molar-refractivity contribution < 1.29 is 49.5 Å². The van der Waals surface area contributed by atoms with E-state index >= 15 is 0 Å². The first-order chi connectivity index (χ1) is 16.2. The number of halogens is 8. The number of carbonyl (C=O) groups excluding carboxylic acids is 3. The first kappa shape index (κ1) is 26.1. The SMILES string of the molecule is O=C1CC(=O)N(CCC(F)(F)c2cc(F)cc(F)c2)C(=O)N1CCC(F)(F)c1cc(F)cc(F)c1. The lowest BCUT2D eigenvalue weighted by Gasteiger charge is -2.34. The molecule has 0 saturated carbocycles. The van der Waals surface area contributed by atoms with Gasteiger partial charge in [-0.15, -0.1) is 0 Å². The Morgan fingerprint density at radius 3 is 1.23 bits per heavy atom. The van der Waals surface area contributed by atoms with Gasteiger partial charge in [-0.2, -0.15) is 0 Å². The van der Waals surface area contributed by atoms with Crippen LogP contribution in [0, 0.1) is 23.3 Å². The predicted octanol–water partition coefficient (Wildman–Crippen LogP) is 5.09. The Bertz CT molecular complexity index is 1040. The third kappa shape index (κ3) is 5.95. The highest BCUT2D eigenvalue weighted by Gasteiger charge is 2.42. The number of rotatable bonds is 8. The van der Waals surface area contributed by atoms with Crippen LogP contribution in [0.3, 0.4) is 0 Å². The summed E-state index contributed by atoms with van der Waals surface area (Å²) in [5.41, 5.74) is -2.11. The molecule has 1 aliphatic rings. The second kappa shape index (κ2) is 9.62. The van der Waals surface area contributed by atoms with E-state index in [1.807, 2.05) is 0 Å². The average Bonchev–Trinajstić information content (AvgIpc) is 2.71. The number of alkyl halides is 4. The van der Waals surface area contributed by atoms with Crippen molar-refractivity contribution >= 4 is 17.8 Å². The van der Waals surface area contributed by atoms with E-state index in [9.17, 15) is 49.5 Å². The molecular formula is C22H16F8N2O3. The van der Waals surface area contributed by atoms with Gasteiger partial charge in [0.25, 0.3) is 11.8 Å². The molecule has 188 valence electrons. The topological polar surface area (TPSA) is 57.7 Å². The maximum absolute atomic E-state index is 14.4. The first-order valence-corrected chi connectivity index (χ1v) is 10.0. The van der Waals surface area contributed by atoms with Gasteiger partial charge in [0, 0.05) is 49.2 Å². The van der Waals surface area contributed by atoms with Gasteiger partial charge in [0.2, 0.25) is 11.8 Å². The molecule has 0 spiro atoms. The zero-order chi connectivity index (χ0) is 26.1. The Labute approximate surface area is 192 Å². The minimum Gasteiger partial charge on any atom is -0.274 e. The molecule has 2 aromatic rings. The van der Waals surface area contributed by atoms with Crippen LogP contribution in [-0.4, -0.2) is 40.7 Å².